The van der Waals surface area contributed by atoms with Crippen molar-refractivity contribution >= 4 is 11.7 Å². The summed E-state index contributed by atoms with van der Waals surface area (Å²) in [5.74, 6) is 0.950. The van der Waals surface area contributed by atoms with Gasteiger partial charge in [0.15, 0.2) is 5.84 Å². The molecule has 1 saturated heterocycles. The summed E-state index contributed by atoms with van der Waals surface area (Å²) in [5, 5.41) is 12.2. The van der Waals surface area contributed by atoms with Gasteiger partial charge in [-0.25, -0.2) is 4.98 Å². The molecule has 2 heterocycles. The topological polar surface area (TPSA) is 78.0 Å². The first kappa shape index (κ1) is 15.6. The van der Waals surface area contributed by atoms with Crippen molar-refractivity contribution in [1.29, 1.82) is 0 Å². The highest BCUT2D eigenvalue weighted by Crippen LogP contribution is 2.25. The average molecular weight is 291 g/mol. The van der Waals surface area contributed by atoms with E-state index in [1.54, 1.807) is 0 Å². The number of nitrogens with zero attached hydrogens (tertiary/aromatic N) is 4. The number of nitrogens with two attached hydrogens (primary N) is 1. The molecule has 0 bridgehead atoms. The molecule has 1 aromatic rings. The number of hydrogen-bond acceptors (Lipinski definition) is 5. The van der Waals surface area contributed by atoms with Gasteiger partial charge in [0, 0.05) is 31.4 Å². The Kier molecular flexibility index (Phi) is 4.67. The van der Waals surface area contributed by atoms with E-state index in [9.17, 15) is 0 Å². The van der Waals surface area contributed by atoms with Gasteiger partial charge in [-0.3, -0.25) is 4.90 Å². The molecule has 1 fully saturated rings. The Balaban J connectivity index is 2.40. The highest BCUT2D eigenvalue weighted by atomic mass is 16.4. The monoisotopic (exact) mass is 291 g/mol. The Morgan fingerprint density at radius 3 is 2.76 bits per heavy atom. The first-order valence-electron chi connectivity index (χ1n) is 7.43. The Labute approximate surface area is 126 Å². The summed E-state index contributed by atoms with van der Waals surface area (Å²) in [6.45, 7) is 12.2. The highest BCUT2D eigenvalue weighted by molar-refractivity contribution is 6.02. The lowest BCUT2D eigenvalue weighted by molar-refractivity contribution is 0.199. The number of aromatic nitrogens is 1. The fourth-order valence-electron chi connectivity index (χ4n) is 3.07. The third-order valence-corrected chi connectivity index (χ3v) is 4.16. The van der Waals surface area contributed by atoms with E-state index in [1.807, 2.05) is 19.9 Å². The normalized spacial score (nSPS) is 20.9. The van der Waals surface area contributed by atoms with Gasteiger partial charge in [-0.15, -0.1) is 0 Å². The molecule has 6 heteroatoms. The quantitative estimate of drug-likeness (QED) is 0.380. The average Bonchev–Trinajstić information content (AvgIpc) is 2.45. The molecule has 0 aliphatic carbocycles. The summed E-state index contributed by atoms with van der Waals surface area (Å²) >= 11 is 0. The number of amidine groups is 1. The van der Waals surface area contributed by atoms with Crippen molar-refractivity contribution in [2.45, 2.75) is 33.7 Å². The molecule has 0 radical (unpaired) electrons. The summed E-state index contributed by atoms with van der Waals surface area (Å²) in [4.78, 5) is 9.33. The van der Waals surface area contributed by atoms with Crippen LogP contribution in [0.25, 0.3) is 0 Å². The number of likely N-dealkylation sites (N-methyl/N-ethyl adjacent to an activating group) is 1. The van der Waals surface area contributed by atoms with Gasteiger partial charge >= 0.3 is 0 Å². The van der Waals surface area contributed by atoms with E-state index in [4.69, 9.17) is 10.9 Å². The molecule has 1 atom stereocenters. The van der Waals surface area contributed by atoms with E-state index in [1.165, 1.54) is 0 Å². The van der Waals surface area contributed by atoms with Gasteiger partial charge in [0.25, 0.3) is 0 Å². The molecule has 1 unspecified atom stereocenters. The van der Waals surface area contributed by atoms with Crippen LogP contribution in [0.15, 0.2) is 11.2 Å². The van der Waals surface area contributed by atoms with Gasteiger partial charge < -0.3 is 15.8 Å². The number of oxime groups is 1. The zero-order valence-electron chi connectivity index (χ0n) is 13.3. The van der Waals surface area contributed by atoms with Crippen LogP contribution >= 0.6 is 0 Å². The highest BCUT2D eigenvalue weighted by Gasteiger charge is 2.26. The maximum absolute atomic E-state index is 9.05. The molecule has 116 valence electrons. The van der Waals surface area contributed by atoms with E-state index in [0.717, 1.165) is 48.8 Å². The standard InChI is InChI=1S/C15H25N5O/c1-5-19-6-7-20(9-12(19)4)15-13(14(16)18-21)10(2)8-11(3)17-15/h8,12,21H,5-7,9H2,1-4H3,(H2,16,18). The lowest BCUT2D eigenvalue weighted by Crippen LogP contribution is -2.52. The zero-order valence-corrected chi connectivity index (χ0v) is 13.3. The zero-order chi connectivity index (χ0) is 15.6. The van der Waals surface area contributed by atoms with E-state index in [2.05, 4.69) is 33.8 Å². The van der Waals surface area contributed by atoms with E-state index >= 15 is 0 Å². The lowest BCUT2D eigenvalue weighted by Gasteiger charge is -2.40. The number of pyridine rings is 1. The molecule has 2 rings (SSSR count). The summed E-state index contributed by atoms with van der Waals surface area (Å²) in [6.07, 6.45) is 0. The van der Waals surface area contributed by atoms with Crippen LogP contribution in [0, 0.1) is 13.8 Å². The first-order chi connectivity index (χ1) is 9.97. The fourth-order valence-corrected chi connectivity index (χ4v) is 3.07. The van der Waals surface area contributed by atoms with Crippen LogP contribution in [0.4, 0.5) is 5.82 Å². The Hall–Kier alpha value is -1.82. The van der Waals surface area contributed by atoms with Crippen LogP contribution < -0.4 is 10.6 Å². The van der Waals surface area contributed by atoms with Gasteiger partial charge in [-0.05, 0) is 38.9 Å². The number of rotatable bonds is 3. The van der Waals surface area contributed by atoms with E-state index in [-0.39, 0.29) is 5.84 Å². The third-order valence-electron chi connectivity index (χ3n) is 4.16. The molecule has 1 aromatic heterocycles. The van der Waals surface area contributed by atoms with Crippen LogP contribution in [0.1, 0.15) is 30.7 Å². The number of aryl methyl sites for hydroxylation is 2. The SMILES string of the molecule is CCN1CCN(c2nc(C)cc(C)c2C(N)=NO)CC1C. The smallest absolute Gasteiger partial charge is 0.174 e. The lowest BCUT2D eigenvalue weighted by atomic mass is 10.1. The van der Waals surface area contributed by atoms with Crippen molar-refractivity contribution < 1.29 is 5.21 Å². The van der Waals surface area contributed by atoms with Crippen LogP contribution in [-0.4, -0.2) is 53.1 Å². The van der Waals surface area contributed by atoms with E-state index < -0.39 is 0 Å². The number of anilines is 1. The van der Waals surface area contributed by atoms with Crippen molar-refractivity contribution in [3.8, 4) is 0 Å². The van der Waals surface area contributed by atoms with Crippen LogP contribution in [0.3, 0.4) is 0 Å². The van der Waals surface area contributed by atoms with Crippen LogP contribution in [0.2, 0.25) is 0 Å². The molecule has 1 aliphatic heterocycles. The van der Waals surface area contributed by atoms with Gasteiger partial charge in [-0.2, -0.15) is 0 Å². The molecule has 6 nitrogen and oxygen atoms in total. The molecule has 0 aromatic carbocycles. The summed E-state index contributed by atoms with van der Waals surface area (Å²) in [5.41, 5.74) is 8.53. The van der Waals surface area contributed by atoms with Gasteiger partial charge in [0.1, 0.15) is 5.82 Å². The number of piperazine rings is 1. The second-order valence-electron chi connectivity index (χ2n) is 5.69. The van der Waals surface area contributed by atoms with Crippen molar-refractivity contribution in [3.05, 3.63) is 22.9 Å². The first-order valence-corrected chi connectivity index (χ1v) is 7.43. The largest absolute Gasteiger partial charge is 0.409 e. The van der Waals surface area contributed by atoms with Crippen molar-refractivity contribution in [2.75, 3.05) is 31.1 Å². The summed E-state index contributed by atoms with van der Waals surface area (Å²) in [6, 6.07) is 2.43. The Morgan fingerprint density at radius 2 is 2.19 bits per heavy atom. The fraction of sp³-hybridized carbons (Fsp3) is 0.600. The Morgan fingerprint density at radius 1 is 1.48 bits per heavy atom. The van der Waals surface area contributed by atoms with Gasteiger partial charge in [0.2, 0.25) is 0 Å². The second-order valence-corrected chi connectivity index (χ2v) is 5.69. The molecular formula is C15H25N5O. The van der Waals surface area contributed by atoms with Crippen molar-refractivity contribution in [1.82, 2.24) is 9.88 Å². The molecule has 0 saturated carbocycles. The number of hydrogen-bond donors (Lipinski definition) is 2. The molecule has 0 amide bonds. The predicted molar refractivity (Wildman–Crippen MR) is 85.1 cm³/mol. The molecule has 1 aliphatic rings. The molecular weight excluding hydrogens is 266 g/mol. The molecule has 0 spiro atoms. The summed E-state index contributed by atoms with van der Waals surface area (Å²) < 4.78 is 0. The molecule has 3 N–H and O–H groups in total. The second kappa shape index (κ2) is 6.30. The predicted octanol–water partition coefficient (Wildman–Crippen LogP) is 1.32. The van der Waals surface area contributed by atoms with Crippen LogP contribution in [-0.2, 0) is 0 Å². The minimum atomic E-state index is 0.126. The minimum Gasteiger partial charge on any atom is -0.409 e. The van der Waals surface area contributed by atoms with Crippen molar-refractivity contribution in [3.63, 3.8) is 0 Å². The Bertz CT molecular complexity index is 543. The van der Waals surface area contributed by atoms with Crippen molar-refractivity contribution in [2.24, 2.45) is 10.9 Å². The maximum atomic E-state index is 9.05. The maximum Gasteiger partial charge on any atom is 0.174 e. The van der Waals surface area contributed by atoms with Gasteiger partial charge in [0.05, 0.1) is 5.56 Å². The van der Waals surface area contributed by atoms with Gasteiger partial charge in [-0.1, -0.05) is 12.1 Å². The van der Waals surface area contributed by atoms with Crippen LogP contribution in [0.5, 0.6) is 0 Å². The molecule has 21 heavy (non-hydrogen) atoms. The van der Waals surface area contributed by atoms with E-state index in [0.29, 0.717) is 6.04 Å². The minimum absolute atomic E-state index is 0.126. The summed E-state index contributed by atoms with van der Waals surface area (Å²) in [7, 11) is 0. The third kappa shape index (κ3) is 3.10.